The Kier molecular flexibility index (Phi) is 6.96. The summed E-state index contributed by atoms with van der Waals surface area (Å²) in [7, 11) is 0. The minimum absolute atomic E-state index is 0.261. The molecule has 0 unspecified atom stereocenters. The van der Waals surface area contributed by atoms with Crippen LogP contribution in [0.1, 0.15) is 77.0 Å². The minimum Gasteiger partial charge on any atom is -0.313 e. The fraction of sp³-hybridized carbons (Fsp3) is 0.650. The highest BCUT2D eigenvalue weighted by Crippen LogP contribution is 2.54. The summed E-state index contributed by atoms with van der Waals surface area (Å²) in [6, 6.07) is 8.16. The van der Waals surface area contributed by atoms with Crippen LogP contribution in [0.25, 0.3) is 32.3 Å². The Morgan fingerprint density at radius 2 is 0.750 bits per heavy atom. The Morgan fingerprint density at radius 1 is 0.458 bits per heavy atom. The van der Waals surface area contributed by atoms with Crippen LogP contribution in [0, 0.1) is 47.3 Å². The van der Waals surface area contributed by atoms with Gasteiger partial charge in [0.1, 0.15) is 0 Å². The lowest BCUT2D eigenvalue weighted by atomic mass is 9.54. The third-order valence-electron chi connectivity index (χ3n) is 14.3. The molecule has 8 nitrogen and oxygen atoms in total. The molecule has 0 spiro atoms. The van der Waals surface area contributed by atoms with Gasteiger partial charge in [0.15, 0.2) is 0 Å². The van der Waals surface area contributed by atoms with Gasteiger partial charge in [0, 0.05) is 25.2 Å². The van der Waals surface area contributed by atoms with Crippen molar-refractivity contribution in [3.8, 4) is 0 Å². The van der Waals surface area contributed by atoms with E-state index in [0.29, 0.717) is 57.5 Å². The van der Waals surface area contributed by atoms with E-state index in [1.54, 1.807) is 24.3 Å². The van der Waals surface area contributed by atoms with Crippen molar-refractivity contribution >= 4 is 32.3 Å². The first-order valence-corrected chi connectivity index (χ1v) is 19.2. The molecule has 48 heavy (non-hydrogen) atoms. The van der Waals surface area contributed by atoms with Gasteiger partial charge in [-0.2, -0.15) is 0 Å². The molecule has 8 aliphatic carbocycles. The maximum Gasteiger partial charge on any atom is 0.261 e. The summed E-state index contributed by atoms with van der Waals surface area (Å²) < 4.78 is 2.76. The Labute approximate surface area is 280 Å². The van der Waals surface area contributed by atoms with Gasteiger partial charge in [-0.15, -0.1) is 0 Å². The number of nitrogens with one attached hydrogen (secondary N) is 2. The predicted octanol–water partition coefficient (Wildman–Crippen LogP) is 4.67. The Hall–Kier alpha value is -3.10. The standard InChI is InChI=1S/C40H48N4O4/c45-37-31-17-25-19-33-34(40(48)44(39(33)47)6-2-4-42-36-29-13-23-8-24(15-29)16-30(36)14-23)20-26(25)18-32(31)38(46)43(37)5-1-3-41-35-27-9-21-7-22(11-27)12-28(35)10-21/h17-24,27-30,35-36,41-42H,1-16H2. The molecule has 8 bridgehead atoms. The van der Waals surface area contributed by atoms with Gasteiger partial charge in [0.05, 0.1) is 21.5 Å². The summed E-state index contributed by atoms with van der Waals surface area (Å²) in [4.78, 5) is 53.8. The first-order chi connectivity index (χ1) is 23.4. The monoisotopic (exact) mass is 648 g/mol. The average Bonchev–Trinajstić information content (AvgIpc) is 3.43. The average molecular weight is 649 g/mol. The van der Waals surface area contributed by atoms with Gasteiger partial charge in [-0.25, -0.2) is 0 Å². The van der Waals surface area contributed by atoms with Gasteiger partial charge in [0.25, 0.3) is 22.2 Å². The normalized spacial score (nSPS) is 34.8. The zero-order chi connectivity index (χ0) is 32.3. The zero-order valence-electron chi connectivity index (χ0n) is 27.9. The minimum atomic E-state index is -0.261. The highest BCUT2D eigenvalue weighted by molar-refractivity contribution is 6.04. The van der Waals surface area contributed by atoms with E-state index in [1.165, 1.54) is 73.3 Å². The number of benzene rings is 2. The second-order valence-corrected chi connectivity index (χ2v) is 17.2. The lowest BCUT2D eigenvalue weighted by molar-refractivity contribution is -0.0136. The van der Waals surface area contributed by atoms with Gasteiger partial charge < -0.3 is 10.6 Å². The molecular formula is C40H48N4O4. The molecule has 8 heteroatoms. The summed E-state index contributed by atoms with van der Waals surface area (Å²) in [6.07, 6.45) is 15.3. The van der Waals surface area contributed by atoms with Crippen LogP contribution < -0.4 is 32.9 Å². The van der Waals surface area contributed by atoms with E-state index in [2.05, 4.69) is 10.6 Å². The van der Waals surface area contributed by atoms with E-state index < -0.39 is 0 Å². The highest BCUT2D eigenvalue weighted by Gasteiger charge is 2.49. The topological polar surface area (TPSA) is 102 Å². The van der Waals surface area contributed by atoms with E-state index in [0.717, 1.165) is 73.3 Å². The Bertz CT molecular complexity index is 1830. The fourth-order valence-electron chi connectivity index (χ4n) is 12.8. The van der Waals surface area contributed by atoms with Gasteiger partial charge in [-0.1, -0.05) is 0 Å². The predicted molar refractivity (Wildman–Crippen MR) is 189 cm³/mol. The molecule has 2 aromatic carbocycles. The largest absolute Gasteiger partial charge is 0.313 e. The maximum absolute atomic E-state index is 13.4. The van der Waals surface area contributed by atoms with E-state index in [-0.39, 0.29) is 22.2 Å². The zero-order valence-corrected chi connectivity index (χ0v) is 27.9. The van der Waals surface area contributed by atoms with Crippen molar-refractivity contribution in [2.24, 2.45) is 47.3 Å². The van der Waals surface area contributed by atoms with Gasteiger partial charge in [-0.3, -0.25) is 28.3 Å². The summed E-state index contributed by atoms with van der Waals surface area (Å²) in [5.41, 5.74) is -1.05. The highest BCUT2D eigenvalue weighted by atomic mass is 16.2. The number of hydrogen-bond acceptors (Lipinski definition) is 6. The summed E-state index contributed by atoms with van der Waals surface area (Å²) in [6.45, 7) is 2.41. The maximum atomic E-state index is 13.4. The van der Waals surface area contributed by atoms with Crippen molar-refractivity contribution < 1.29 is 0 Å². The van der Waals surface area contributed by atoms with E-state index in [4.69, 9.17) is 0 Å². The number of fused-ring (bicyclic) bond motifs is 3. The molecule has 0 amide bonds. The third-order valence-corrected chi connectivity index (χ3v) is 14.3. The molecule has 252 valence electrons. The summed E-state index contributed by atoms with van der Waals surface area (Å²) >= 11 is 0. The molecule has 8 saturated carbocycles. The van der Waals surface area contributed by atoms with Crippen molar-refractivity contribution in [2.45, 2.75) is 102 Å². The Morgan fingerprint density at radius 3 is 1.04 bits per heavy atom. The molecule has 8 fully saturated rings. The van der Waals surface area contributed by atoms with Crippen LogP contribution in [-0.4, -0.2) is 34.3 Å². The molecule has 8 aliphatic rings. The molecule has 0 aliphatic heterocycles. The lowest BCUT2D eigenvalue weighted by Crippen LogP contribution is -2.54. The van der Waals surface area contributed by atoms with E-state index in [9.17, 15) is 19.2 Å². The first kappa shape index (κ1) is 29.8. The first-order valence-electron chi connectivity index (χ1n) is 19.2. The van der Waals surface area contributed by atoms with Crippen molar-refractivity contribution in [1.29, 1.82) is 0 Å². The molecule has 12 rings (SSSR count). The number of rotatable bonds is 10. The molecule has 0 radical (unpaired) electrons. The summed E-state index contributed by atoms with van der Waals surface area (Å²) in [5.74, 6) is 6.97. The molecule has 4 aromatic rings. The fourth-order valence-corrected chi connectivity index (χ4v) is 12.8. The van der Waals surface area contributed by atoms with Gasteiger partial charge in [-0.05, 0) is 173 Å². The third kappa shape index (κ3) is 4.68. The van der Waals surface area contributed by atoms with Crippen molar-refractivity contribution in [3.63, 3.8) is 0 Å². The van der Waals surface area contributed by atoms with Crippen molar-refractivity contribution in [1.82, 2.24) is 19.8 Å². The number of hydrogen-bond donors (Lipinski definition) is 2. The van der Waals surface area contributed by atoms with Gasteiger partial charge >= 0.3 is 0 Å². The van der Waals surface area contributed by atoms with Crippen LogP contribution in [0.15, 0.2) is 43.4 Å². The molecule has 2 aromatic heterocycles. The summed E-state index contributed by atoms with van der Waals surface area (Å²) in [5, 5.41) is 10.7. The van der Waals surface area contributed by atoms with Crippen molar-refractivity contribution in [2.75, 3.05) is 13.1 Å². The SMILES string of the molecule is O=c1c2cc3cc4c(=O)n(CCCNC5C6CC7CC(C6)CC5C7)c(=O)c4cc3cc2c(=O)n1CCCNC1C2CC3CC(C2)CC1C3. The molecular weight excluding hydrogens is 600 g/mol. The van der Waals surface area contributed by atoms with Crippen LogP contribution in [0.2, 0.25) is 0 Å². The van der Waals surface area contributed by atoms with Crippen LogP contribution in [0.5, 0.6) is 0 Å². The molecule has 0 saturated heterocycles. The number of nitrogens with zero attached hydrogens (tertiary/aromatic N) is 2. The number of aromatic nitrogens is 2. The van der Waals surface area contributed by atoms with E-state index in [1.807, 2.05) is 0 Å². The molecule has 2 heterocycles. The molecule has 2 N–H and O–H groups in total. The second-order valence-electron chi connectivity index (χ2n) is 17.2. The van der Waals surface area contributed by atoms with Crippen LogP contribution in [-0.2, 0) is 13.1 Å². The quantitative estimate of drug-likeness (QED) is 0.243. The van der Waals surface area contributed by atoms with Crippen LogP contribution in [0.3, 0.4) is 0 Å². The second kappa shape index (κ2) is 11.2. The Balaban J connectivity index is 0.832. The van der Waals surface area contributed by atoms with Crippen LogP contribution >= 0.6 is 0 Å². The van der Waals surface area contributed by atoms with Gasteiger partial charge in [0.2, 0.25) is 0 Å². The van der Waals surface area contributed by atoms with E-state index >= 15 is 0 Å². The smallest absolute Gasteiger partial charge is 0.261 e. The van der Waals surface area contributed by atoms with Crippen LogP contribution in [0.4, 0.5) is 0 Å². The molecule has 0 atom stereocenters. The van der Waals surface area contributed by atoms with Crippen molar-refractivity contribution in [3.05, 3.63) is 65.7 Å². The lowest BCUT2D eigenvalue weighted by Gasteiger charge is -2.54.